The molecule has 0 saturated heterocycles. The van der Waals surface area contributed by atoms with Gasteiger partial charge in [-0.2, -0.15) is 0 Å². The number of nitrogens with two attached hydrogens (primary N) is 3. The van der Waals surface area contributed by atoms with Crippen LogP contribution < -0.4 is 22.5 Å². The minimum absolute atomic E-state index is 0.167. The average Bonchev–Trinajstić information content (AvgIpc) is 2.55. The van der Waals surface area contributed by atoms with Crippen molar-refractivity contribution in [3.05, 3.63) is 0 Å². The maximum atomic E-state index is 11.6. The number of rotatable bonds is 17. The van der Waals surface area contributed by atoms with Crippen LogP contribution in [0.15, 0.2) is 0 Å². The molecule has 0 heterocycles. The molecule has 1 unspecified atom stereocenters. The zero-order valence-corrected chi connectivity index (χ0v) is 14.3. The molecule has 0 aliphatic heterocycles. The largest absolute Gasteiger partial charge is 0.379 e. The van der Waals surface area contributed by atoms with Crippen LogP contribution in [0.2, 0.25) is 0 Å². The fraction of sp³-hybridized carbons (Fsp3) is 0.867. The zero-order chi connectivity index (χ0) is 18.0. The molecule has 0 aliphatic carbocycles. The second-order valence-electron chi connectivity index (χ2n) is 5.24. The van der Waals surface area contributed by atoms with Gasteiger partial charge in [-0.1, -0.05) is 6.42 Å². The monoisotopic (exact) mass is 348 g/mol. The Hall–Kier alpha value is -1.26. The Bertz CT molecular complexity index is 331. The lowest BCUT2D eigenvalue weighted by molar-refractivity contribution is -0.123. The van der Waals surface area contributed by atoms with E-state index in [2.05, 4.69) is 5.32 Å². The van der Waals surface area contributed by atoms with Crippen LogP contribution in [0.25, 0.3) is 0 Å². The van der Waals surface area contributed by atoms with E-state index in [1.165, 1.54) is 0 Å². The summed E-state index contributed by atoms with van der Waals surface area (Å²) in [6, 6.07) is -0.491. The van der Waals surface area contributed by atoms with Gasteiger partial charge in [0.2, 0.25) is 11.8 Å². The van der Waals surface area contributed by atoms with Crippen molar-refractivity contribution in [2.45, 2.75) is 31.7 Å². The maximum Gasteiger partial charge on any atom is 0.236 e. The van der Waals surface area contributed by atoms with Gasteiger partial charge >= 0.3 is 0 Å². The first-order valence-electron chi connectivity index (χ1n) is 8.32. The molecule has 9 nitrogen and oxygen atoms in total. The summed E-state index contributed by atoms with van der Waals surface area (Å²) < 4.78 is 15.7. The van der Waals surface area contributed by atoms with Crippen LogP contribution in [-0.2, 0) is 23.8 Å². The van der Waals surface area contributed by atoms with Crippen molar-refractivity contribution in [2.75, 3.05) is 52.7 Å². The summed E-state index contributed by atoms with van der Waals surface area (Å²) >= 11 is 0. The molecule has 9 heteroatoms. The van der Waals surface area contributed by atoms with E-state index in [9.17, 15) is 9.59 Å². The van der Waals surface area contributed by atoms with Gasteiger partial charge in [-0.05, 0) is 19.4 Å². The topological polar surface area (TPSA) is 152 Å². The summed E-state index contributed by atoms with van der Waals surface area (Å²) in [4.78, 5) is 22.1. The molecule has 0 aliphatic rings. The molecule has 7 N–H and O–H groups in total. The first kappa shape index (κ1) is 22.7. The molecule has 0 aromatic rings. The van der Waals surface area contributed by atoms with Crippen LogP contribution in [0.3, 0.4) is 0 Å². The third kappa shape index (κ3) is 15.6. The first-order chi connectivity index (χ1) is 11.6. The van der Waals surface area contributed by atoms with E-state index >= 15 is 0 Å². The number of hydrogen-bond donors (Lipinski definition) is 4. The smallest absolute Gasteiger partial charge is 0.236 e. The highest BCUT2D eigenvalue weighted by atomic mass is 16.5. The molecule has 0 radical (unpaired) electrons. The van der Waals surface area contributed by atoms with Gasteiger partial charge < -0.3 is 36.7 Å². The van der Waals surface area contributed by atoms with Crippen LogP contribution in [0, 0.1) is 0 Å². The molecule has 142 valence electrons. The molecule has 0 fully saturated rings. The number of primary amides is 1. The normalized spacial score (nSPS) is 12.1. The van der Waals surface area contributed by atoms with E-state index in [1.54, 1.807) is 0 Å². The second-order valence-corrected chi connectivity index (χ2v) is 5.24. The fourth-order valence-corrected chi connectivity index (χ4v) is 1.73. The number of ether oxygens (including phenoxy) is 3. The van der Waals surface area contributed by atoms with Gasteiger partial charge in [0, 0.05) is 13.0 Å². The lowest BCUT2D eigenvalue weighted by Gasteiger charge is -2.12. The predicted molar refractivity (Wildman–Crippen MR) is 90.2 cm³/mol. The van der Waals surface area contributed by atoms with Crippen LogP contribution >= 0.6 is 0 Å². The van der Waals surface area contributed by atoms with E-state index < -0.39 is 6.04 Å². The Balaban J connectivity index is 3.27. The first-order valence-corrected chi connectivity index (χ1v) is 8.32. The van der Waals surface area contributed by atoms with Crippen LogP contribution in [0.1, 0.15) is 25.7 Å². The minimum atomic E-state index is -0.491. The van der Waals surface area contributed by atoms with Gasteiger partial charge in [0.1, 0.15) is 0 Å². The maximum absolute atomic E-state index is 11.6. The number of hydrogen-bond acceptors (Lipinski definition) is 7. The van der Waals surface area contributed by atoms with Crippen molar-refractivity contribution in [3.8, 4) is 0 Å². The van der Waals surface area contributed by atoms with E-state index in [1.807, 2.05) is 0 Å². The molecule has 0 spiro atoms. The Morgan fingerprint density at radius 1 is 0.917 bits per heavy atom. The van der Waals surface area contributed by atoms with Crippen molar-refractivity contribution in [1.82, 2.24) is 5.32 Å². The van der Waals surface area contributed by atoms with Gasteiger partial charge in [-0.25, -0.2) is 0 Å². The van der Waals surface area contributed by atoms with E-state index in [0.717, 1.165) is 12.8 Å². The van der Waals surface area contributed by atoms with Crippen LogP contribution in [-0.4, -0.2) is 70.6 Å². The average molecular weight is 348 g/mol. The van der Waals surface area contributed by atoms with Crippen LogP contribution in [0.4, 0.5) is 0 Å². The van der Waals surface area contributed by atoms with Gasteiger partial charge in [0.25, 0.3) is 0 Å². The minimum Gasteiger partial charge on any atom is -0.379 e. The Kier molecular flexibility index (Phi) is 15.7. The Morgan fingerprint density at radius 3 is 2.08 bits per heavy atom. The highest BCUT2D eigenvalue weighted by Gasteiger charge is 2.11. The highest BCUT2D eigenvalue weighted by molar-refractivity contribution is 5.81. The standard InChI is InChI=1S/C15H32N4O5/c16-5-2-1-3-13(17)15(21)19-6-8-23-10-12-24-11-9-22-7-4-14(18)20/h13H,1-12,16-17H2,(H2,18,20)(H,19,21). The summed E-state index contributed by atoms with van der Waals surface area (Å²) in [5.41, 5.74) is 16.1. The van der Waals surface area contributed by atoms with Crippen molar-refractivity contribution in [2.24, 2.45) is 17.2 Å². The Morgan fingerprint density at radius 2 is 1.50 bits per heavy atom. The predicted octanol–water partition coefficient (Wildman–Crippen LogP) is -1.52. The van der Waals surface area contributed by atoms with Gasteiger partial charge in [0.05, 0.1) is 45.7 Å². The summed E-state index contributed by atoms with van der Waals surface area (Å²) in [6.07, 6.45) is 2.58. The lowest BCUT2D eigenvalue weighted by Crippen LogP contribution is -2.41. The van der Waals surface area contributed by atoms with Crippen molar-refractivity contribution in [1.29, 1.82) is 0 Å². The van der Waals surface area contributed by atoms with E-state index in [0.29, 0.717) is 59.2 Å². The second kappa shape index (κ2) is 16.6. The molecule has 2 amide bonds. The van der Waals surface area contributed by atoms with Crippen molar-refractivity contribution >= 4 is 11.8 Å². The van der Waals surface area contributed by atoms with E-state index in [-0.39, 0.29) is 18.2 Å². The summed E-state index contributed by atoms with van der Waals surface area (Å²) in [6.45, 7) is 3.44. The summed E-state index contributed by atoms with van der Waals surface area (Å²) in [7, 11) is 0. The third-order valence-corrected chi connectivity index (χ3v) is 3.09. The van der Waals surface area contributed by atoms with Crippen molar-refractivity contribution < 1.29 is 23.8 Å². The molecule has 0 saturated carbocycles. The van der Waals surface area contributed by atoms with Gasteiger partial charge in [-0.3, -0.25) is 9.59 Å². The molecule has 0 bridgehead atoms. The quantitative estimate of drug-likeness (QED) is 0.233. The number of carbonyl (C=O) groups excluding carboxylic acids is 2. The zero-order valence-electron chi connectivity index (χ0n) is 14.3. The molecule has 1 atom stereocenters. The van der Waals surface area contributed by atoms with Crippen LogP contribution in [0.5, 0.6) is 0 Å². The lowest BCUT2D eigenvalue weighted by atomic mass is 10.1. The number of unbranched alkanes of at least 4 members (excludes halogenated alkanes) is 1. The summed E-state index contributed by atoms with van der Waals surface area (Å²) in [5, 5.41) is 2.72. The number of amides is 2. The van der Waals surface area contributed by atoms with Crippen molar-refractivity contribution in [3.63, 3.8) is 0 Å². The molecule has 0 aromatic carbocycles. The number of carbonyl (C=O) groups is 2. The summed E-state index contributed by atoms with van der Waals surface area (Å²) in [5.74, 6) is -0.548. The SMILES string of the molecule is NCCCCC(N)C(=O)NCCOCCOCCOCCC(N)=O. The molecule has 24 heavy (non-hydrogen) atoms. The van der Waals surface area contributed by atoms with Gasteiger partial charge in [-0.15, -0.1) is 0 Å². The molecular formula is C15H32N4O5. The fourth-order valence-electron chi connectivity index (χ4n) is 1.73. The molecular weight excluding hydrogens is 316 g/mol. The van der Waals surface area contributed by atoms with Gasteiger partial charge in [0.15, 0.2) is 0 Å². The Labute approximate surface area is 143 Å². The highest BCUT2D eigenvalue weighted by Crippen LogP contribution is 1.97. The molecule has 0 aromatic heterocycles. The molecule has 0 rings (SSSR count). The third-order valence-electron chi connectivity index (χ3n) is 3.09. The number of nitrogens with one attached hydrogen (secondary N) is 1. The van der Waals surface area contributed by atoms with E-state index in [4.69, 9.17) is 31.4 Å².